The molecule has 0 spiro atoms. The molecule has 0 amide bonds. The molecular formula is C15H32N2. The zero-order valence-electron chi connectivity index (χ0n) is 12.6. The van der Waals surface area contributed by atoms with Crippen molar-refractivity contribution in [1.82, 2.24) is 10.2 Å². The van der Waals surface area contributed by atoms with Crippen LogP contribution in [0, 0.1) is 11.3 Å². The molecule has 0 radical (unpaired) electrons. The van der Waals surface area contributed by atoms with Crippen molar-refractivity contribution in [3.8, 4) is 0 Å². The van der Waals surface area contributed by atoms with Gasteiger partial charge in [0.15, 0.2) is 0 Å². The van der Waals surface area contributed by atoms with Gasteiger partial charge in [-0.1, -0.05) is 41.0 Å². The van der Waals surface area contributed by atoms with Crippen LogP contribution in [0.1, 0.15) is 53.9 Å². The van der Waals surface area contributed by atoms with Crippen LogP contribution < -0.4 is 5.32 Å². The molecule has 102 valence electrons. The van der Waals surface area contributed by atoms with Crippen LogP contribution in [0.25, 0.3) is 0 Å². The second-order valence-corrected chi connectivity index (χ2v) is 6.66. The van der Waals surface area contributed by atoms with Gasteiger partial charge in [-0.15, -0.1) is 0 Å². The van der Waals surface area contributed by atoms with E-state index in [-0.39, 0.29) is 0 Å². The largest absolute Gasteiger partial charge is 0.313 e. The summed E-state index contributed by atoms with van der Waals surface area (Å²) in [6, 6.07) is 0.832. The molecule has 1 atom stereocenters. The molecule has 1 saturated carbocycles. The van der Waals surface area contributed by atoms with E-state index < -0.39 is 0 Å². The second-order valence-electron chi connectivity index (χ2n) is 6.66. The van der Waals surface area contributed by atoms with E-state index >= 15 is 0 Å². The predicted octanol–water partition coefficient (Wildman–Crippen LogP) is 3.13. The van der Waals surface area contributed by atoms with Crippen LogP contribution >= 0.6 is 0 Å². The van der Waals surface area contributed by atoms with Gasteiger partial charge in [-0.25, -0.2) is 0 Å². The molecule has 1 unspecified atom stereocenters. The van der Waals surface area contributed by atoms with E-state index in [4.69, 9.17) is 0 Å². The maximum absolute atomic E-state index is 3.67. The minimum atomic E-state index is 0.395. The van der Waals surface area contributed by atoms with Crippen molar-refractivity contribution >= 4 is 0 Å². The molecule has 0 aromatic carbocycles. The highest BCUT2D eigenvalue weighted by Crippen LogP contribution is 2.22. The van der Waals surface area contributed by atoms with Crippen LogP contribution in [0.5, 0.6) is 0 Å². The van der Waals surface area contributed by atoms with Gasteiger partial charge in [-0.3, -0.25) is 0 Å². The summed E-state index contributed by atoms with van der Waals surface area (Å²) in [5.74, 6) is 0.821. The Bertz CT molecular complexity index is 209. The van der Waals surface area contributed by atoms with Gasteiger partial charge in [-0.05, 0) is 30.7 Å². The van der Waals surface area contributed by atoms with E-state index in [0.29, 0.717) is 5.41 Å². The molecular weight excluding hydrogens is 208 g/mol. The zero-order chi connectivity index (χ0) is 12.9. The normalized spacial score (nSPS) is 18.7. The van der Waals surface area contributed by atoms with E-state index in [1.165, 1.54) is 38.9 Å². The molecule has 0 aromatic rings. The molecule has 1 N–H and O–H groups in total. The smallest absolute Gasteiger partial charge is 0.00684 e. The topological polar surface area (TPSA) is 15.3 Å². The molecule has 1 aliphatic carbocycles. The van der Waals surface area contributed by atoms with E-state index in [1.807, 2.05) is 0 Å². The Labute approximate surface area is 108 Å². The lowest BCUT2D eigenvalue weighted by molar-refractivity contribution is 0.161. The van der Waals surface area contributed by atoms with Gasteiger partial charge in [0.25, 0.3) is 0 Å². The highest BCUT2D eigenvalue weighted by Gasteiger charge is 2.26. The molecule has 1 rings (SSSR count). The number of hydrogen-bond acceptors (Lipinski definition) is 2. The summed E-state index contributed by atoms with van der Waals surface area (Å²) in [7, 11) is 0. The molecule has 0 saturated heterocycles. The monoisotopic (exact) mass is 240 g/mol. The number of rotatable bonds is 9. The van der Waals surface area contributed by atoms with Crippen LogP contribution in [0.3, 0.4) is 0 Å². The third-order valence-corrected chi connectivity index (χ3v) is 3.81. The van der Waals surface area contributed by atoms with Gasteiger partial charge >= 0.3 is 0 Å². The Morgan fingerprint density at radius 1 is 1.29 bits per heavy atom. The summed E-state index contributed by atoms with van der Waals surface area (Å²) in [5, 5.41) is 3.67. The summed E-state index contributed by atoms with van der Waals surface area (Å²) in [5.41, 5.74) is 0.395. The maximum atomic E-state index is 3.67. The molecule has 0 heterocycles. The Morgan fingerprint density at radius 3 is 2.41 bits per heavy atom. The average Bonchev–Trinajstić information content (AvgIpc) is 3.09. The van der Waals surface area contributed by atoms with Crippen molar-refractivity contribution in [2.24, 2.45) is 11.3 Å². The fourth-order valence-corrected chi connectivity index (χ4v) is 2.24. The van der Waals surface area contributed by atoms with Gasteiger partial charge in [0.2, 0.25) is 0 Å². The summed E-state index contributed by atoms with van der Waals surface area (Å²) in [6.45, 7) is 16.5. The zero-order valence-corrected chi connectivity index (χ0v) is 12.6. The Morgan fingerprint density at radius 2 is 1.94 bits per heavy atom. The first-order valence-electron chi connectivity index (χ1n) is 7.42. The van der Waals surface area contributed by atoms with E-state index in [0.717, 1.165) is 18.5 Å². The van der Waals surface area contributed by atoms with Crippen molar-refractivity contribution < 1.29 is 0 Å². The Kier molecular flexibility index (Phi) is 5.94. The Hall–Kier alpha value is -0.0800. The van der Waals surface area contributed by atoms with Crippen LogP contribution in [-0.2, 0) is 0 Å². The summed E-state index contributed by atoms with van der Waals surface area (Å²) in [4.78, 5) is 2.61. The molecule has 1 fully saturated rings. The lowest BCUT2D eigenvalue weighted by Crippen LogP contribution is -2.42. The van der Waals surface area contributed by atoms with Gasteiger partial charge in [0.1, 0.15) is 0 Å². The van der Waals surface area contributed by atoms with Crippen molar-refractivity contribution in [1.29, 1.82) is 0 Å². The first-order chi connectivity index (χ1) is 7.96. The van der Waals surface area contributed by atoms with Gasteiger partial charge < -0.3 is 10.2 Å². The molecule has 2 heteroatoms. The van der Waals surface area contributed by atoms with Crippen molar-refractivity contribution in [3.05, 3.63) is 0 Å². The Balaban J connectivity index is 2.30. The lowest BCUT2D eigenvalue weighted by Gasteiger charge is -2.33. The van der Waals surface area contributed by atoms with Crippen LogP contribution in [-0.4, -0.2) is 37.1 Å². The standard InChI is InChI=1S/C15H32N2/c1-6-13(3)10-17(7-2)12-15(4,5)11-16-14-8-9-14/h13-14,16H,6-12H2,1-5H3. The van der Waals surface area contributed by atoms with Gasteiger partial charge in [0.05, 0.1) is 0 Å². The summed E-state index contributed by atoms with van der Waals surface area (Å²) in [6.07, 6.45) is 4.07. The third kappa shape index (κ3) is 6.42. The van der Waals surface area contributed by atoms with E-state index in [1.54, 1.807) is 0 Å². The highest BCUT2D eigenvalue weighted by molar-refractivity contribution is 4.85. The molecule has 1 aliphatic rings. The van der Waals surface area contributed by atoms with Crippen LogP contribution in [0.2, 0.25) is 0 Å². The predicted molar refractivity (Wildman–Crippen MR) is 76.4 cm³/mol. The minimum absolute atomic E-state index is 0.395. The third-order valence-electron chi connectivity index (χ3n) is 3.81. The second kappa shape index (κ2) is 6.75. The van der Waals surface area contributed by atoms with E-state index in [9.17, 15) is 0 Å². The summed E-state index contributed by atoms with van der Waals surface area (Å²) >= 11 is 0. The molecule has 0 bridgehead atoms. The maximum Gasteiger partial charge on any atom is 0.00684 e. The van der Waals surface area contributed by atoms with Crippen molar-refractivity contribution in [2.45, 2.75) is 59.9 Å². The number of nitrogens with zero attached hydrogens (tertiary/aromatic N) is 1. The minimum Gasteiger partial charge on any atom is -0.313 e. The fraction of sp³-hybridized carbons (Fsp3) is 1.00. The van der Waals surface area contributed by atoms with Crippen molar-refractivity contribution in [2.75, 3.05) is 26.2 Å². The lowest BCUT2D eigenvalue weighted by atomic mass is 9.92. The van der Waals surface area contributed by atoms with Gasteiger partial charge in [-0.2, -0.15) is 0 Å². The summed E-state index contributed by atoms with van der Waals surface area (Å²) < 4.78 is 0. The highest BCUT2D eigenvalue weighted by atomic mass is 15.1. The average molecular weight is 240 g/mol. The van der Waals surface area contributed by atoms with E-state index in [2.05, 4.69) is 44.8 Å². The van der Waals surface area contributed by atoms with Gasteiger partial charge in [0, 0.05) is 25.7 Å². The molecule has 0 aliphatic heterocycles. The molecule has 17 heavy (non-hydrogen) atoms. The fourth-order valence-electron chi connectivity index (χ4n) is 2.24. The first kappa shape index (κ1) is 15.0. The molecule has 0 aromatic heterocycles. The van der Waals surface area contributed by atoms with Crippen LogP contribution in [0.4, 0.5) is 0 Å². The molecule has 2 nitrogen and oxygen atoms in total. The first-order valence-corrected chi connectivity index (χ1v) is 7.42. The number of hydrogen-bond donors (Lipinski definition) is 1. The SMILES string of the molecule is CCC(C)CN(CC)CC(C)(C)CNC1CC1. The van der Waals surface area contributed by atoms with Crippen molar-refractivity contribution in [3.63, 3.8) is 0 Å². The number of nitrogens with one attached hydrogen (secondary N) is 1. The quantitative estimate of drug-likeness (QED) is 0.666. The van der Waals surface area contributed by atoms with Crippen LogP contribution in [0.15, 0.2) is 0 Å².